The van der Waals surface area contributed by atoms with Gasteiger partial charge in [-0.15, -0.1) is 0 Å². The molecular formula is C22H13N2O6-. The second-order valence-electron chi connectivity index (χ2n) is 6.33. The van der Waals surface area contributed by atoms with E-state index in [1.807, 2.05) is 0 Å². The number of benzene rings is 2. The zero-order chi connectivity index (χ0) is 21.3. The van der Waals surface area contributed by atoms with E-state index in [-0.39, 0.29) is 22.7 Å². The van der Waals surface area contributed by atoms with Crippen LogP contribution in [0.5, 0.6) is 0 Å². The highest BCUT2D eigenvalue weighted by Crippen LogP contribution is 2.27. The summed E-state index contributed by atoms with van der Waals surface area (Å²) in [7, 11) is 0. The number of carbonyl (C=O) groups excluding carboxylic acids is 4. The first-order valence-corrected chi connectivity index (χ1v) is 8.83. The van der Waals surface area contributed by atoms with Crippen LogP contribution in [0.1, 0.15) is 16.1 Å². The number of aromatic carboxylic acids is 1. The number of amides is 4. The SMILES string of the molecule is O=C1NC(=O)N(c2ccccc2)C(=O)/C1=C\c1ccc(-c2ccccc2C(=O)[O-])o1. The van der Waals surface area contributed by atoms with Crippen molar-refractivity contribution >= 4 is 35.6 Å². The van der Waals surface area contributed by atoms with E-state index < -0.39 is 23.8 Å². The van der Waals surface area contributed by atoms with Gasteiger partial charge in [-0.25, -0.2) is 9.69 Å². The van der Waals surface area contributed by atoms with Crippen LogP contribution >= 0.6 is 0 Å². The van der Waals surface area contributed by atoms with Crippen molar-refractivity contribution in [2.75, 3.05) is 4.90 Å². The Kier molecular flexibility index (Phi) is 4.73. The summed E-state index contributed by atoms with van der Waals surface area (Å²) in [5, 5.41) is 13.4. The van der Waals surface area contributed by atoms with Crippen LogP contribution in [-0.4, -0.2) is 23.8 Å². The minimum Gasteiger partial charge on any atom is -0.545 e. The zero-order valence-corrected chi connectivity index (χ0v) is 15.3. The molecular weight excluding hydrogens is 388 g/mol. The summed E-state index contributed by atoms with van der Waals surface area (Å²) >= 11 is 0. The Morgan fingerprint density at radius 3 is 2.37 bits per heavy atom. The van der Waals surface area contributed by atoms with Gasteiger partial charge >= 0.3 is 6.03 Å². The van der Waals surface area contributed by atoms with Gasteiger partial charge in [-0.2, -0.15) is 0 Å². The smallest absolute Gasteiger partial charge is 0.335 e. The molecule has 0 aliphatic carbocycles. The van der Waals surface area contributed by atoms with Crippen LogP contribution in [0.2, 0.25) is 0 Å². The van der Waals surface area contributed by atoms with Gasteiger partial charge in [0.15, 0.2) is 0 Å². The van der Waals surface area contributed by atoms with Gasteiger partial charge in [-0.1, -0.05) is 42.5 Å². The van der Waals surface area contributed by atoms with Gasteiger partial charge in [0.05, 0.1) is 11.7 Å². The molecule has 2 aromatic carbocycles. The first-order chi connectivity index (χ1) is 14.5. The lowest BCUT2D eigenvalue weighted by Gasteiger charge is -2.26. The van der Waals surface area contributed by atoms with Crippen LogP contribution in [0.4, 0.5) is 10.5 Å². The fourth-order valence-electron chi connectivity index (χ4n) is 3.06. The normalized spacial score (nSPS) is 15.4. The summed E-state index contributed by atoms with van der Waals surface area (Å²) in [5.41, 5.74) is 0.245. The maximum absolute atomic E-state index is 12.8. The number of carboxylic acid groups (broad SMARTS) is 1. The lowest BCUT2D eigenvalue weighted by atomic mass is 10.1. The molecule has 8 nitrogen and oxygen atoms in total. The predicted octanol–water partition coefficient (Wildman–Crippen LogP) is 1.98. The molecule has 1 saturated heterocycles. The molecule has 0 atom stereocenters. The molecule has 0 bridgehead atoms. The maximum Gasteiger partial charge on any atom is 0.335 e. The highest BCUT2D eigenvalue weighted by atomic mass is 16.4. The first-order valence-electron chi connectivity index (χ1n) is 8.83. The molecule has 0 unspecified atom stereocenters. The van der Waals surface area contributed by atoms with Crippen molar-refractivity contribution in [3.05, 3.63) is 83.6 Å². The lowest BCUT2D eigenvalue weighted by molar-refractivity contribution is -0.255. The number of imide groups is 2. The number of nitrogens with zero attached hydrogens (tertiary/aromatic N) is 1. The molecule has 0 spiro atoms. The molecule has 30 heavy (non-hydrogen) atoms. The van der Waals surface area contributed by atoms with Crippen LogP contribution in [0.3, 0.4) is 0 Å². The van der Waals surface area contributed by atoms with Crippen LogP contribution in [0, 0.1) is 0 Å². The monoisotopic (exact) mass is 401 g/mol. The van der Waals surface area contributed by atoms with Crippen LogP contribution < -0.4 is 15.3 Å². The van der Waals surface area contributed by atoms with Gasteiger partial charge < -0.3 is 14.3 Å². The Balaban J connectivity index is 1.70. The molecule has 2 heterocycles. The van der Waals surface area contributed by atoms with Crippen LogP contribution in [0.25, 0.3) is 17.4 Å². The number of rotatable bonds is 4. The van der Waals surface area contributed by atoms with Crippen molar-refractivity contribution in [2.24, 2.45) is 0 Å². The van der Waals surface area contributed by atoms with Crippen LogP contribution in [-0.2, 0) is 9.59 Å². The molecule has 8 heteroatoms. The summed E-state index contributed by atoms with van der Waals surface area (Å²) in [6.07, 6.45) is 1.20. The summed E-state index contributed by atoms with van der Waals surface area (Å²) in [6.45, 7) is 0. The quantitative estimate of drug-likeness (QED) is 0.527. The molecule has 1 aliphatic heterocycles. The number of hydrogen-bond donors (Lipinski definition) is 1. The number of hydrogen-bond acceptors (Lipinski definition) is 6. The summed E-state index contributed by atoms with van der Waals surface area (Å²) in [4.78, 5) is 49.4. The lowest BCUT2D eigenvalue weighted by Crippen LogP contribution is -2.54. The topological polar surface area (TPSA) is 120 Å². The van der Waals surface area contributed by atoms with Crippen molar-refractivity contribution in [3.8, 4) is 11.3 Å². The zero-order valence-electron chi connectivity index (χ0n) is 15.3. The third kappa shape index (κ3) is 3.37. The van der Waals surface area contributed by atoms with E-state index in [0.717, 1.165) is 4.90 Å². The van der Waals surface area contributed by atoms with Crippen molar-refractivity contribution < 1.29 is 28.7 Å². The predicted molar refractivity (Wildman–Crippen MR) is 104 cm³/mol. The standard InChI is InChI=1S/C22H14N2O6/c25-19-17(20(26)24(22(29)23-19)13-6-2-1-3-7-13)12-14-10-11-18(30-14)15-8-4-5-9-16(15)21(27)28/h1-12H,(H,27,28)(H,23,25,29)/p-1/b17-12-. The van der Waals surface area contributed by atoms with Gasteiger partial charge in [-0.3, -0.25) is 14.9 Å². The van der Waals surface area contributed by atoms with E-state index in [1.54, 1.807) is 48.5 Å². The number of nitrogens with one attached hydrogen (secondary N) is 1. The van der Waals surface area contributed by atoms with Crippen LogP contribution in [0.15, 0.2) is 76.7 Å². The molecule has 3 aromatic rings. The highest BCUT2D eigenvalue weighted by Gasteiger charge is 2.36. The second kappa shape index (κ2) is 7.51. The Hall–Kier alpha value is -4.46. The minimum atomic E-state index is -1.36. The number of furan rings is 1. The Morgan fingerprint density at radius 1 is 0.933 bits per heavy atom. The Bertz CT molecular complexity index is 1210. The summed E-state index contributed by atoms with van der Waals surface area (Å²) in [5.74, 6) is -2.66. The van der Waals surface area contributed by atoms with Gasteiger partial charge in [0.25, 0.3) is 11.8 Å². The number of carbonyl (C=O) groups is 4. The van der Waals surface area contributed by atoms with Crippen molar-refractivity contribution in [2.45, 2.75) is 0 Å². The fourth-order valence-corrected chi connectivity index (χ4v) is 3.06. The largest absolute Gasteiger partial charge is 0.545 e. The average molecular weight is 401 g/mol. The molecule has 4 amide bonds. The maximum atomic E-state index is 12.8. The molecule has 0 saturated carbocycles. The fraction of sp³-hybridized carbons (Fsp3) is 0. The molecule has 1 aliphatic rings. The third-order valence-electron chi connectivity index (χ3n) is 4.44. The van der Waals surface area contributed by atoms with Gasteiger partial charge in [-0.05, 0) is 30.3 Å². The Labute approximate surface area is 170 Å². The van der Waals surface area contributed by atoms with Gasteiger partial charge in [0.1, 0.15) is 17.1 Å². The van der Waals surface area contributed by atoms with Crippen molar-refractivity contribution in [1.29, 1.82) is 0 Å². The van der Waals surface area contributed by atoms with Crippen molar-refractivity contribution in [3.63, 3.8) is 0 Å². The number of urea groups is 1. The van der Waals surface area contributed by atoms with E-state index >= 15 is 0 Å². The Morgan fingerprint density at radius 2 is 1.63 bits per heavy atom. The van der Waals surface area contributed by atoms with E-state index in [2.05, 4.69) is 5.32 Å². The van der Waals surface area contributed by atoms with E-state index in [1.165, 1.54) is 24.3 Å². The van der Waals surface area contributed by atoms with E-state index in [4.69, 9.17) is 4.42 Å². The minimum absolute atomic E-state index is 0.0570. The first kappa shape index (κ1) is 18.9. The number of barbiturate groups is 1. The molecule has 0 radical (unpaired) electrons. The van der Waals surface area contributed by atoms with E-state index in [9.17, 15) is 24.3 Å². The number of para-hydroxylation sites is 1. The van der Waals surface area contributed by atoms with Gasteiger partial charge in [0, 0.05) is 11.1 Å². The molecule has 148 valence electrons. The summed E-state index contributed by atoms with van der Waals surface area (Å²) in [6, 6.07) is 16.4. The summed E-state index contributed by atoms with van der Waals surface area (Å²) < 4.78 is 5.62. The molecule has 1 fully saturated rings. The molecule has 4 rings (SSSR count). The highest BCUT2D eigenvalue weighted by molar-refractivity contribution is 6.39. The molecule has 1 aromatic heterocycles. The van der Waals surface area contributed by atoms with E-state index in [0.29, 0.717) is 11.3 Å². The number of anilines is 1. The number of carboxylic acids is 1. The average Bonchev–Trinajstić information content (AvgIpc) is 3.20. The molecule has 1 N–H and O–H groups in total. The second-order valence-corrected chi connectivity index (χ2v) is 6.33. The van der Waals surface area contributed by atoms with Gasteiger partial charge in [0.2, 0.25) is 0 Å². The van der Waals surface area contributed by atoms with Crippen molar-refractivity contribution in [1.82, 2.24) is 5.32 Å². The third-order valence-corrected chi connectivity index (χ3v) is 4.44.